The Labute approximate surface area is 128 Å². The molecule has 1 aliphatic rings. The number of carboxylic acids is 1. The van der Waals surface area contributed by atoms with Gasteiger partial charge in [0.05, 0.1) is 5.41 Å². The first-order valence-corrected chi connectivity index (χ1v) is 9.24. The molecule has 1 saturated carbocycles. The monoisotopic (exact) mass is 318 g/mol. The normalized spacial score (nSPS) is 19.3. The zero-order valence-electron chi connectivity index (χ0n) is 12.7. The van der Waals surface area contributed by atoms with E-state index in [4.69, 9.17) is 0 Å². The van der Waals surface area contributed by atoms with Crippen LogP contribution in [0.15, 0.2) is 0 Å². The van der Waals surface area contributed by atoms with Crippen molar-refractivity contribution >= 4 is 22.8 Å². The minimum Gasteiger partial charge on any atom is -0.481 e. The maximum Gasteiger partial charge on any atom is 0.314 e. The number of aliphatic carboxylic acids is 1. The quantitative estimate of drug-likeness (QED) is 0.489. The van der Waals surface area contributed by atoms with E-state index in [0.29, 0.717) is 31.6 Å². The van der Waals surface area contributed by atoms with Gasteiger partial charge in [0.1, 0.15) is 0 Å². The highest BCUT2D eigenvalue weighted by atomic mass is 32.2. The predicted octanol–water partition coefficient (Wildman–Crippen LogP) is 1.48. The number of carboxylic acid groups (broad SMARTS) is 1. The first-order chi connectivity index (χ1) is 9.96. The molecule has 1 fully saturated rings. The Kier molecular flexibility index (Phi) is 7.71. The highest BCUT2D eigenvalue weighted by Crippen LogP contribution is 2.34. The molecule has 0 spiro atoms. The van der Waals surface area contributed by atoms with Gasteiger partial charge in [0.15, 0.2) is 0 Å². The summed E-state index contributed by atoms with van der Waals surface area (Å²) >= 11 is 0. The van der Waals surface area contributed by atoms with E-state index in [1.807, 2.05) is 0 Å². The molecule has 1 atom stereocenters. The largest absolute Gasteiger partial charge is 0.481 e. The summed E-state index contributed by atoms with van der Waals surface area (Å²) in [6.45, 7) is 0.624. The molecule has 21 heavy (non-hydrogen) atoms. The molecular formula is C14H26N2O4S. The van der Waals surface area contributed by atoms with Crippen LogP contribution in [0, 0.1) is 5.41 Å². The Morgan fingerprint density at radius 1 is 1.14 bits per heavy atom. The van der Waals surface area contributed by atoms with E-state index in [-0.39, 0.29) is 12.6 Å². The zero-order chi connectivity index (χ0) is 15.7. The lowest BCUT2D eigenvalue weighted by Gasteiger charge is -2.28. The average Bonchev–Trinajstić information content (AvgIpc) is 2.67. The first-order valence-electron chi connectivity index (χ1n) is 7.51. The lowest BCUT2D eigenvalue weighted by molar-refractivity contribution is -0.149. The SMILES string of the molecule is CS(=O)CCCNC(=O)NCC1(C(=O)O)CCCCCC1. The minimum absolute atomic E-state index is 0.174. The Balaban J connectivity index is 2.37. The van der Waals surface area contributed by atoms with Gasteiger partial charge in [-0.05, 0) is 19.3 Å². The van der Waals surface area contributed by atoms with E-state index in [1.165, 1.54) is 0 Å². The molecule has 3 N–H and O–H groups in total. The van der Waals surface area contributed by atoms with Crippen LogP contribution < -0.4 is 10.6 Å². The highest BCUT2D eigenvalue weighted by molar-refractivity contribution is 7.84. The van der Waals surface area contributed by atoms with Crippen LogP contribution in [0.2, 0.25) is 0 Å². The molecule has 1 aliphatic carbocycles. The summed E-state index contributed by atoms with van der Waals surface area (Å²) in [6.07, 6.45) is 7.46. The number of urea groups is 1. The van der Waals surface area contributed by atoms with Gasteiger partial charge in [0.25, 0.3) is 0 Å². The van der Waals surface area contributed by atoms with E-state index in [9.17, 15) is 18.9 Å². The van der Waals surface area contributed by atoms with Crippen LogP contribution in [-0.2, 0) is 15.6 Å². The third kappa shape index (κ3) is 6.46. The van der Waals surface area contributed by atoms with Crippen LogP contribution in [0.5, 0.6) is 0 Å². The summed E-state index contributed by atoms with van der Waals surface area (Å²) in [4.78, 5) is 23.3. The van der Waals surface area contributed by atoms with Crippen molar-refractivity contribution in [3.05, 3.63) is 0 Å². The molecule has 0 bridgehead atoms. The maximum absolute atomic E-state index is 11.7. The standard InChI is InChI=1S/C14H26N2O4S/c1-21(20)10-6-9-15-13(19)16-11-14(12(17)18)7-4-2-3-5-8-14/h2-11H2,1H3,(H,17,18)(H2,15,16,19). The van der Waals surface area contributed by atoms with E-state index < -0.39 is 22.2 Å². The van der Waals surface area contributed by atoms with Gasteiger partial charge in [-0.3, -0.25) is 9.00 Å². The molecule has 7 heteroatoms. The molecule has 0 aliphatic heterocycles. The number of nitrogens with one attached hydrogen (secondary N) is 2. The highest BCUT2D eigenvalue weighted by Gasteiger charge is 2.38. The van der Waals surface area contributed by atoms with Crippen LogP contribution in [0.4, 0.5) is 4.79 Å². The van der Waals surface area contributed by atoms with Crippen molar-refractivity contribution in [2.24, 2.45) is 5.41 Å². The summed E-state index contributed by atoms with van der Waals surface area (Å²) in [6, 6.07) is -0.346. The smallest absolute Gasteiger partial charge is 0.314 e. The van der Waals surface area contributed by atoms with Gasteiger partial charge < -0.3 is 15.7 Å². The number of hydrogen-bond acceptors (Lipinski definition) is 3. The first kappa shape index (κ1) is 17.9. The third-order valence-corrected chi connectivity index (χ3v) is 4.86. The zero-order valence-corrected chi connectivity index (χ0v) is 13.5. The van der Waals surface area contributed by atoms with Crippen LogP contribution in [-0.4, -0.2) is 46.4 Å². The Bertz CT molecular complexity index is 379. The van der Waals surface area contributed by atoms with Crippen molar-refractivity contribution in [1.82, 2.24) is 10.6 Å². The van der Waals surface area contributed by atoms with Crippen molar-refractivity contribution in [2.45, 2.75) is 44.9 Å². The van der Waals surface area contributed by atoms with Crippen molar-refractivity contribution in [3.63, 3.8) is 0 Å². The lowest BCUT2D eigenvalue weighted by Crippen LogP contribution is -2.46. The van der Waals surface area contributed by atoms with E-state index in [0.717, 1.165) is 25.7 Å². The van der Waals surface area contributed by atoms with Crippen LogP contribution in [0.1, 0.15) is 44.9 Å². The summed E-state index contributed by atoms with van der Waals surface area (Å²) < 4.78 is 10.9. The number of carbonyl (C=O) groups excluding carboxylic acids is 1. The van der Waals surface area contributed by atoms with Crippen LogP contribution in [0.25, 0.3) is 0 Å². The fraction of sp³-hybridized carbons (Fsp3) is 0.857. The van der Waals surface area contributed by atoms with Gasteiger partial charge in [-0.15, -0.1) is 0 Å². The fourth-order valence-electron chi connectivity index (χ4n) is 2.66. The summed E-state index contributed by atoms with van der Waals surface area (Å²) in [5, 5.41) is 14.9. The van der Waals surface area contributed by atoms with Crippen LogP contribution >= 0.6 is 0 Å². The summed E-state index contributed by atoms with van der Waals surface area (Å²) in [5.41, 5.74) is -0.821. The van der Waals surface area contributed by atoms with E-state index in [1.54, 1.807) is 6.26 Å². The molecular weight excluding hydrogens is 292 g/mol. The second-order valence-electron chi connectivity index (χ2n) is 5.74. The second-order valence-corrected chi connectivity index (χ2v) is 7.29. The Morgan fingerprint density at radius 2 is 1.76 bits per heavy atom. The molecule has 6 nitrogen and oxygen atoms in total. The molecule has 0 aromatic heterocycles. The molecule has 122 valence electrons. The van der Waals surface area contributed by atoms with Gasteiger partial charge >= 0.3 is 12.0 Å². The number of amides is 2. The van der Waals surface area contributed by atoms with Crippen LogP contribution in [0.3, 0.4) is 0 Å². The van der Waals surface area contributed by atoms with E-state index in [2.05, 4.69) is 10.6 Å². The number of rotatable bonds is 7. The van der Waals surface area contributed by atoms with Gasteiger partial charge in [-0.2, -0.15) is 0 Å². The molecule has 0 aromatic rings. The van der Waals surface area contributed by atoms with Gasteiger partial charge in [0, 0.05) is 35.9 Å². The van der Waals surface area contributed by atoms with Crippen molar-refractivity contribution in [1.29, 1.82) is 0 Å². The maximum atomic E-state index is 11.7. The van der Waals surface area contributed by atoms with Gasteiger partial charge in [-0.25, -0.2) is 4.79 Å². The molecule has 0 radical (unpaired) electrons. The topological polar surface area (TPSA) is 95.5 Å². The molecule has 0 aromatic carbocycles. The fourth-order valence-corrected chi connectivity index (χ4v) is 3.21. The van der Waals surface area contributed by atoms with Crippen molar-refractivity contribution < 1.29 is 18.9 Å². The predicted molar refractivity (Wildman–Crippen MR) is 82.7 cm³/mol. The van der Waals surface area contributed by atoms with Gasteiger partial charge in [0.2, 0.25) is 0 Å². The molecule has 2 amide bonds. The Hall–Kier alpha value is -1.11. The van der Waals surface area contributed by atoms with Crippen molar-refractivity contribution in [3.8, 4) is 0 Å². The van der Waals surface area contributed by atoms with E-state index >= 15 is 0 Å². The number of hydrogen-bond donors (Lipinski definition) is 3. The molecule has 1 rings (SSSR count). The molecule has 1 unspecified atom stereocenters. The van der Waals surface area contributed by atoms with Crippen molar-refractivity contribution in [2.75, 3.05) is 25.1 Å². The molecule has 0 heterocycles. The second kappa shape index (κ2) is 9.02. The average molecular weight is 318 g/mol. The Morgan fingerprint density at radius 3 is 2.29 bits per heavy atom. The number of carbonyl (C=O) groups is 2. The molecule has 0 saturated heterocycles. The third-order valence-electron chi connectivity index (χ3n) is 4.00. The summed E-state index contributed by atoms with van der Waals surface area (Å²) in [7, 11) is -0.852. The minimum atomic E-state index is -0.852. The van der Waals surface area contributed by atoms with Gasteiger partial charge in [-0.1, -0.05) is 25.7 Å². The summed E-state index contributed by atoms with van der Waals surface area (Å²) in [5.74, 6) is -0.259. The lowest BCUT2D eigenvalue weighted by atomic mass is 9.80.